The summed E-state index contributed by atoms with van der Waals surface area (Å²) in [4.78, 5) is 0.310. The Hall–Kier alpha value is -1.56. The predicted octanol–water partition coefficient (Wildman–Crippen LogP) is 2.54. The molecule has 0 fully saturated rings. The first kappa shape index (κ1) is 11.9. The van der Waals surface area contributed by atoms with Gasteiger partial charge in [-0.05, 0) is 18.2 Å². The summed E-state index contributed by atoms with van der Waals surface area (Å²) in [5, 5.41) is 4.00. The molecule has 2 N–H and O–H groups in total. The lowest BCUT2D eigenvalue weighted by molar-refractivity contribution is 0.576. The molecule has 1 heterocycles. The molecule has 17 heavy (non-hydrogen) atoms. The summed E-state index contributed by atoms with van der Waals surface area (Å²) < 4.78 is 27.8. The van der Waals surface area contributed by atoms with Crippen LogP contribution in [0.4, 0.5) is 14.5 Å². The van der Waals surface area contributed by atoms with Gasteiger partial charge in [-0.2, -0.15) is 5.10 Å². The number of nitrogens with zero attached hydrogens (tertiary/aromatic N) is 2. The summed E-state index contributed by atoms with van der Waals surface area (Å²) in [6.45, 7) is 0.595. The van der Waals surface area contributed by atoms with Crippen LogP contribution in [0.25, 0.3) is 0 Å². The van der Waals surface area contributed by atoms with Crippen LogP contribution in [0, 0.1) is 11.6 Å². The first-order chi connectivity index (χ1) is 8.15. The highest BCUT2D eigenvalue weighted by Gasteiger charge is 2.04. The van der Waals surface area contributed by atoms with Crippen LogP contribution in [0.1, 0.15) is 0 Å². The molecule has 0 saturated carbocycles. The van der Waals surface area contributed by atoms with Crippen LogP contribution >= 0.6 is 11.8 Å². The Labute approximate surface area is 102 Å². The molecule has 90 valence electrons. The second kappa shape index (κ2) is 5.18. The van der Waals surface area contributed by atoms with Gasteiger partial charge in [0.05, 0.1) is 18.4 Å². The number of aryl methyl sites for hydroxylation is 1. The van der Waals surface area contributed by atoms with Gasteiger partial charge in [0.15, 0.2) is 0 Å². The van der Waals surface area contributed by atoms with E-state index in [1.165, 1.54) is 17.8 Å². The third-order valence-corrected chi connectivity index (χ3v) is 3.13. The summed E-state index contributed by atoms with van der Waals surface area (Å²) in [6.07, 6.45) is 3.25. The van der Waals surface area contributed by atoms with Crippen LogP contribution in [0.3, 0.4) is 0 Å². The number of rotatable bonds is 4. The number of benzene rings is 1. The normalized spacial score (nSPS) is 10.7. The molecule has 0 aliphatic rings. The van der Waals surface area contributed by atoms with Gasteiger partial charge in [0.1, 0.15) is 11.6 Å². The number of halogens is 2. The van der Waals surface area contributed by atoms with E-state index in [0.29, 0.717) is 22.9 Å². The molecule has 1 aromatic heterocycles. The van der Waals surface area contributed by atoms with Crippen LogP contribution in [0.2, 0.25) is 0 Å². The number of aromatic nitrogens is 2. The number of anilines is 1. The molecule has 0 unspecified atom stereocenters. The first-order valence-corrected chi connectivity index (χ1v) is 5.99. The van der Waals surface area contributed by atoms with Crippen LogP contribution in [-0.4, -0.2) is 15.5 Å². The van der Waals surface area contributed by atoms with Crippen LogP contribution in [-0.2, 0) is 6.54 Å². The molecule has 3 nitrogen and oxygen atoms in total. The molecule has 1 aromatic carbocycles. The molecule has 0 bridgehead atoms. The van der Waals surface area contributed by atoms with Crippen molar-refractivity contribution in [2.45, 2.75) is 11.4 Å². The van der Waals surface area contributed by atoms with Crippen molar-refractivity contribution in [1.82, 2.24) is 9.78 Å². The molecule has 0 amide bonds. The third-order valence-electron chi connectivity index (χ3n) is 2.12. The van der Waals surface area contributed by atoms with Crippen molar-refractivity contribution in [3.63, 3.8) is 0 Å². The van der Waals surface area contributed by atoms with Crippen LogP contribution in [0.5, 0.6) is 0 Å². The van der Waals surface area contributed by atoms with Gasteiger partial charge in [-0.3, -0.25) is 4.68 Å². The van der Waals surface area contributed by atoms with E-state index in [4.69, 9.17) is 5.73 Å². The third kappa shape index (κ3) is 3.20. The number of nitrogen functional groups attached to an aromatic ring is 1. The van der Waals surface area contributed by atoms with E-state index in [1.807, 2.05) is 0 Å². The molecule has 0 saturated heterocycles. The Balaban J connectivity index is 1.91. The smallest absolute Gasteiger partial charge is 0.136 e. The second-order valence-corrected chi connectivity index (χ2v) is 4.60. The standard InChI is InChI=1S/C11H11F2N3S/c12-8-1-2-10(13)11(5-8)17-4-3-16-7-9(14)6-15-16/h1-2,5-7H,3-4,14H2. The van der Waals surface area contributed by atoms with Gasteiger partial charge < -0.3 is 5.73 Å². The molecule has 0 aliphatic carbocycles. The molecule has 0 spiro atoms. The maximum absolute atomic E-state index is 13.3. The molecule has 2 aromatic rings. The van der Waals surface area contributed by atoms with Gasteiger partial charge in [-0.25, -0.2) is 8.78 Å². The highest BCUT2D eigenvalue weighted by molar-refractivity contribution is 7.99. The Bertz CT molecular complexity index is 513. The summed E-state index contributed by atoms with van der Waals surface area (Å²) in [7, 11) is 0. The highest BCUT2D eigenvalue weighted by Crippen LogP contribution is 2.22. The van der Waals surface area contributed by atoms with Gasteiger partial charge >= 0.3 is 0 Å². The monoisotopic (exact) mass is 255 g/mol. The van der Waals surface area contributed by atoms with Crippen molar-refractivity contribution >= 4 is 17.4 Å². The van der Waals surface area contributed by atoms with Crippen molar-refractivity contribution in [1.29, 1.82) is 0 Å². The number of hydrogen-bond donors (Lipinski definition) is 1. The fourth-order valence-corrected chi connectivity index (χ4v) is 2.24. The largest absolute Gasteiger partial charge is 0.396 e. The number of nitrogens with two attached hydrogens (primary N) is 1. The molecular formula is C11H11F2N3S. The fraction of sp³-hybridized carbons (Fsp3) is 0.182. The number of thioether (sulfide) groups is 1. The average Bonchev–Trinajstić information content (AvgIpc) is 2.69. The highest BCUT2D eigenvalue weighted by atomic mass is 32.2. The fourth-order valence-electron chi connectivity index (χ4n) is 1.34. The summed E-state index contributed by atoms with van der Waals surface area (Å²) in [6, 6.07) is 3.43. The van der Waals surface area contributed by atoms with Gasteiger partial charge in [0.25, 0.3) is 0 Å². The lowest BCUT2D eigenvalue weighted by Gasteiger charge is -2.03. The van der Waals surface area contributed by atoms with E-state index < -0.39 is 11.6 Å². The summed E-state index contributed by atoms with van der Waals surface area (Å²) in [5.74, 6) is -0.241. The predicted molar refractivity (Wildman–Crippen MR) is 63.7 cm³/mol. The Morgan fingerprint density at radius 3 is 2.88 bits per heavy atom. The van der Waals surface area contributed by atoms with Gasteiger partial charge in [-0.15, -0.1) is 11.8 Å². The average molecular weight is 255 g/mol. The SMILES string of the molecule is Nc1cnn(CCSc2cc(F)ccc2F)c1. The Morgan fingerprint density at radius 1 is 1.35 bits per heavy atom. The molecule has 0 atom stereocenters. The zero-order valence-electron chi connectivity index (χ0n) is 8.94. The van der Waals surface area contributed by atoms with E-state index in [-0.39, 0.29) is 0 Å². The zero-order chi connectivity index (χ0) is 12.3. The quantitative estimate of drug-likeness (QED) is 0.854. The zero-order valence-corrected chi connectivity index (χ0v) is 9.75. The van der Waals surface area contributed by atoms with Crippen LogP contribution < -0.4 is 5.73 Å². The molecule has 0 radical (unpaired) electrons. The lowest BCUT2D eigenvalue weighted by Crippen LogP contribution is -2.00. The van der Waals surface area contributed by atoms with Gasteiger partial charge in [-0.1, -0.05) is 0 Å². The summed E-state index contributed by atoms with van der Waals surface area (Å²) in [5.41, 5.74) is 6.10. The molecular weight excluding hydrogens is 244 g/mol. The minimum absolute atomic E-state index is 0.310. The number of hydrogen-bond acceptors (Lipinski definition) is 3. The van der Waals surface area contributed by atoms with E-state index in [1.54, 1.807) is 17.1 Å². The van der Waals surface area contributed by atoms with Crippen molar-refractivity contribution in [3.8, 4) is 0 Å². The van der Waals surface area contributed by atoms with Crippen molar-refractivity contribution < 1.29 is 8.78 Å². The van der Waals surface area contributed by atoms with Crippen molar-refractivity contribution in [2.75, 3.05) is 11.5 Å². The Morgan fingerprint density at radius 2 is 2.18 bits per heavy atom. The second-order valence-electron chi connectivity index (χ2n) is 3.46. The van der Waals surface area contributed by atoms with E-state index in [2.05, 4.69) is 5.10 Å². The molecule has 6 heteroatoms. The maximum atomic E-state index is 13.3. The van der Waals surface area contributed by atoms with Gasteiger partial charge in [0.2, 0.25) is 0 Å². The van der Waals surface area contributed by atoms with Crippen LogP contribution in [0.15, 0.2) is 35.5 Å². The molecule has 0 aliphatic heterocycles. The van der Waals surface area contributed by atoms with Crippen molar-refractivity contribution in [3.05, 3.63) is 42.2 Å². The maximum Gasteiger partial charge on any atom is 0.136 e. The first-order valence-electron chi connectivity index (χ1n) is 5.01. The van der Waals surface area contributed by atoms with E-state index >= 15 is 0 Å². The topological polar surface area (TPSA) is 43.8 Å². The van der Waals surface area contributed by atoms with Gasteiger partial charge in [0, 0.05) is 16.8 Å². The van der Waals surface area contributed by atoms with Crippen molar-refractivity contribution in [2.24, 2.45) is 0 Å². The minimum atomic E-state index is -0.433. The van der Waals surface area contributed by atoms with E-state index in [0.717, 1.165) is 12.1 Å². The molecule has 2 rings (SSSR count). The Kier molecular flexibility index (Phi) is 3.63. The summed E-state index contributed by atoms with van der Waals surface area (Å²) >= 11 is 1.25. The lowest BCUT2D eigenvalue weighted by atomic mass is 10.3. The minimum Gasteiger partial charge on any atom is -0.396 e. The van der Waals surface area contributed by atoms with E-state index in [9.17, 15) is 8.78 Å².